The highest BCUT2D eigenvalue weighted by Gasteiger charge is 2.19. The summed E-state index contributed by atoms with van der Waals surface area (Å²) in [6, 6.07) is 13.0. The zero-order chi connectivity index (χ0) is 15.7. The van der Waals surface area contributed by atoms with Gasteiger partial charge in [-0.05, 0) is 49.6 Å². The molecule has 2 nitrogen and oxygen atoms in total. The SMILES string of the molecule is Cc1ccc(-c2ccc[n+](C)c2-c2ccncc2C)c(C)c1. The van der Waals surface area contributed by atoms with Crippen molar-refractivity contribution in [2.45, 2.75) is 20.8 Å². The fraction of sp³-hybridized carbons (Fsp3) is 0.200. The van der Waals surface area contributed by atoms with Gasteiger partial charge >= 0.3 is 0 Å². The van der Waals surface area contributed by atoms with Crippen molar-refractivity contribution >= 4 is 0 Å². The number of hydrogen-bond donors (Lipinski definition) is 0. The van der Waals surface area contributed by atoms with Gasteiger partial charge in [-0.15, -0.1) is 0 Å². The summed E-state index contributed by atoms with van der Waals surface area (Å²) in [6.07, 6.45) is 5.89. The van der Waals surface area contributed by atoms with Crippen molar-refractivity contribution in [3.8, 4) is 22.4 Å². The van der Waals surface area contributed by atoms with Crippen molar-refractivity contribution < 1.29 is 4.57 Å². The summed E-state index contributed by atoms with van der Waals surface area (Å²) in [5, 5.41) is 0. The second-order valence-electron chi connectivity index (χ2n) is 5.89. The van der Waals surface area contributed by atoms with E-state index in [1.807, 2.05) is 12.4 Å². The van der Waals surface area contributed by atoms with Crippen LogP contribution in [0, 0.1) is 20.8 Å². The Morgan fingerprint density at radius 3 is 2.41 bits per heavy atom. The van der Waals surface area contributed by atoms with Crippen LogP contribution >= 0.6 is 0 Å². The number of rotatable bonds is 2. The van der Waals surface area contributed by atoms with Crippen LogP contribution in [0.5, 0.6) is 0 Å². The third kappa shape index (κ3) is 2.52. The molecule has 0 saturated heterocycles. The molecule has 2 aromatic heterocycles. The fourth-order valence-electron chi connectivity index (χ4n) is 3.02. The van der Waals surface area contributed by atoms with Crippen molar-refractivity contribution in [1.82, 2.24) is 4.98 Å². The molecule has 2 heteroatoms. The van der Waals surface area contributed by atoms with E-state index in [0.29, 0.717) is 0 Å². The van der Waals surface area contributed by atoms with E-state index >= 15 is 0 Å². The Balaban J connectivity index is 2.30. The van der Waals surface area contributed by atoms with Crippen molar-refractivity contribution in [3.05, 3.63) is 71.7 Å². The normalized spacial score (nSPS) is 10.7. The number of hydrogen-bond acceptors (Lipinski definition) is 1. The molecule has 0 bridgehead atoms. The molecule has 22 heavy (non-hydrogen) atoms. The van der Waals surface area contributed by atoms with Crippen LogP contribution in [0.4, 0.5) is 0 Å². The molecule has 0 amide bonds. The zero-order valence-corrected chi connectivity index (χ0v) is 13.6. The molecule has 0 saturated carbocycles. The molecule has 0 aliphatic heterocycles. The van der Waals surface area contributed by atoms with Crippen molar-refractivity contribution in [3.63, 3.8) is 0 Å². The predicted octanol–water partition coefficient (Wildman–Crippen LogP) is 4.17. The zero-order valence-electron chi connectivity index (χ0n) is 13.6. The number of nitrogens with zero attached hydrogens (tertiary/aromatic N) is 2. The molecular formula is C20H21N2+. The number of benzene rings is 1. The first-order valence-electron chi connectivity index (χ1n) is 7.55. The monoisotopic (exact) mass is 289 g/mol. The van der Waals surface area contributed by atoms with E-state index in [0.717, 1.165) is 0 Å². The van der Waals surface area contributed by atoms with Gasteiger partial charge in [0.25, 0.3) is 0 Å². The predicted molar refractivity (Wildman–Crippen MR) is 90.5 cm³/mol. The summed E-state index contributed by atoms with van der Waals surface area (Å²) in [4.78, 5) is 4.22. The van der Waals surface area contributed by atoms with Gasteiger partial charge in [0.2, 0.25) is 5.69 Å². The van der Waals surface area contributed by atoms with Gasteiger partial charge in [0.05, 0.1) is 11.1 Å². The van der Waals surface area contributed by atoms with E-state index in [1.54, 1.807) is 0 Å². The molecule has 0 unspecified atom stereocenters. The first-order valence-corrected chi connectivity index (χ1v) is 7.55. The Kier molecular flexibility index (Phi) is 3.76. The van der Waals surface area contributed by atoms with Crippen LogP contribution < -0.4 is 4.57 Å². The highest BCUT2D eigenvalue weighted by Crippen LogP contribution is 2.32. The van der Waals surface area contributed by atoms with E-state index in [4.69, 9.17) is 0 Å². The standard InChI is InChI=1S/C20H21N2/c1-14-7-8-17(15(2)12-14)19-6-5-11-22(4)20(19)18-9-10-21-13-16(18)3/h5-13H,1-4H3/q+1. The van der Waals surface area contributed by atoms with Gasteiger partial charge in [-0.25, -0.2) is 4.57 Å². The van der Waals surface area contributed by atoms with Crippen LogP contribution in [0.2, 0.25) is 0 Å². The maximum Gasteiger partial charge on any atom is 0.220 e. The number of pyridine rings is 2. The van der Waals surface area contributed by atoms with Gasteiger partial charge in [-0.1, -0.05) is 23.8 Å². The molecule has 0 N–H and O–H groups in total. The Hall–Kier alpha value is -2.48. The Morgan fingerprint density at radius 2 is 1.68 bits per heavy atom. The van der Waals surface area contributed by atoms with E-state index < -0.39 is 0 Å². The lowest BCUT2D eigenvalue weighted by atomic mass is 9.93. The molecule has 0 aliphatic rings. The summed E-state index contributed by atoms with van der Waals surface area (Å²) in [7, 11) is 2.10. The fourth-order valence-corrected chi connectivity index (χ4v) is 3.02. The van der Waals surface area contributed by atoms with Gasteiger partial charge in [-0.3, -0.25) is 4.98 Å². The van der Waals surface area contributed by atoms with Gasteiger partial charge in [0, 0.05) is 18.5 Å². The number of aryl methyl sites for hydroxylation is 4. The van der Waals surface area contributed by atoms with E-state index in [1.165, 1.54) is 39.1 Å². The van der Waals surface area contributed by atoms with Crippen molar-refractivity contribution in [2.24, 2.45) is 7.05 Å². The molecule has 3 rings (SSSR count). The quantitative estimate of drug-likeness (QED) is 0.647. The summed E-state index contributed by atoms with van der Waals surface area (Å²) in [5.41, 5.74) is 8.80. The summed E-state index contributed by atoms with van der Waals surface area (Å²) in [6.45, 7) is 6.43. The maximum atomic E-state index is 4.22. The van der Waals surface area contributed by atoms with Crippen LogP contribution in [0.1, 0.15) is 16.7 Å². The molecule has 0 spiro atoms. The Bertz CT molecular complexity index is 835. The van der Waals surface area contributed by atoms with Gasteiger partial charge in [-0.2, -0.15) is 0 Å². The molecular weight excluding hydrogens is 268 g/mol. The first kappa shape index (κ1) is 14.5. The average Bonchev–Trinajstić information content (AvgIpc) is 2.48. The smallest absolute Gasteiger partial charge is 0.220 e. The lowest BCUT2D eigenvalue weighted by Crippen LogP contribution is -2.31. The summed E-state index contributed by atoms with van der Waals surface area (Å²) >= 11 is 0. The van der Waals surface area contributed by atoms with Crippen LogP contribution in [0.15, 0.2) is 55.0 Å². The van der Waals surface area contributed by atoms with Crippen LogP contribution in [-0.4, -0.2) is 4.98 Å². The van der Waals surface area contributed by atoms with Crippen LogP contribution in [-0.2, 0) is 7.05 Å². The van der Waals surface area contributed by atoms with Crippen LogP contribution in [0.25, 0.3) is 22.4 Å². The second-order valence-corrected chi connectivity index (χ2v) is 5.89. The highest BCUT2D eigenvalue weighted by molar-refractivity contribution is 5.81. The second kappa shape index (κ2) is 5.72. The van der Waals surface area contributed by atoms with Crippen molar-refractivity contribution in [2.75, 3.05) is 0 Å². The lowest BCUT2D eigenvalue weighted by molar-refractivity contribution is -0.660. The Labute approximate surface area is 132 Å². The van der Waals surface area contributed by atoms with Gasteiger partial charge in [0.1, 0.15) is 7.05 Å². The average molecular weight is 289 g/mol. The molecule has 2 heterocycles. The Morgan fingerprint density at radius 1 is 0.864 bits per heavy atom. The van der Waals surface area contributed by atoms with E-state index in [2.05, 4.69) is 80.0 Å². The third-order valence-corrected chi connectivity index (χ3v) is 4.13. The third-order valence-electron chi connectivity index (χ3n) is 4.13. The van der Waals surface area contributed by atoms with Crippen LogP contribution in [0.3, 0.4) is 0 Å². The maximum absolute atomic E-state index is 4.22. The van der Waals surface area contributed by atoms with Gasteiger partial charge in [0.15, 0.2) is 6.20 Å². The molecule has 110 valence electrons. The molecule has 0 atom stereocenters. The minimum atomic E-state index is 1.19. The summed E-state index contributed by atoms with van der Waals surface area (Å²) < 4.78 is 2.19. The largest absolute Gasteiger partial charge is 0.264 e. The topological polar surface area (TPSA) is 16.8 Å². The molecule has 1 aromatic carbocycles. The van der Waals surface area contributed by atoms with Gasteiger partial charge < -0.3 is 0 Å². The molecule has 0 fully saturated rings. The minimum absolute atomic E-state index is 1.19. The lowest BCUT2D eigenvalue weighted by Gasteiger charge is -2.12. The first-order chi connectivity index (χ1) is 10.6. The van der Waals surface area contributed by atoms with Crippen molar-refractivity contribution in [1.29, 1.82) is 0 Å². The minimum Gasteiger partial charge on any atom is -0.264 e. The molecule has 3 aromatic rings. The molecule has 0 radical (unpaired) electrons. The van der Waals surface area contributed by atoms with E-state index in [-0.39, 0.29) is 0 Å². The summed E-state index contributed by atoms with van der Waals surface area (Å²) in [5.74, 6) is 0. The molecule has 0 aliphatic carbocycles. The number of aromatic nitrogens is 2. The highest BCUT2D eigenvalue weighted by atomic mass is 14.9. The van der Waals surface area contributed by atoms with E-state index in [9.17, 15) is 0 Å².